The molecule has 2 rings (SSSR count). The predicted octanol–water partition coefficient (Wildman–Crippen LogP) is 3.51. The molecule has 18 heavy (non-hydrogen) atoms. The van der Waals surface area contributed by atoms with Crippen LogP contribution in [0.25, 0.3) is 0 Å². The number of nitrogens with two attached hydrogens (primary N) is 1. The maximum atomic E-state index is 5.84. The van der Waals surface area contributed by atoms with Crippen molar-refractivity contribution < 1.29 is 9.47 Å². The van der Waals surface area contributed by atoms with Gasteiger partial charge in [-0.25, -0.2) is 0 Å². The number of ether oxygens (including phenoxy) is 2. The summed E-state index contributed by atoms with van der Waals surface area (Å²) in [4.78, 5) is 0. The molecule has 0 heterocycles. The van der Waals surface area contributed by atoms with E-state index in [2.05, 4.69) is 0 Å². The maximum Gasteiger partial charge on any atom is 0.121 e. The number of anilines is 1. The Morgan fingerprint density at radius 2 is 1.94 bits per heavy atom. The Morgan fingerprint density at radius 1 is 1.11 bits per heavy atom. The van der Waals surface area contributed by atoms with Gasteiger partial charge in [-0.15, -0.1) is 0 Å². The zero-order valence-electron chi connectivity index (χ0n) is 10.0. The van der Waals surface area contributed by atoms with Gasteiger partial charge < -0.3 is 15.2 Å². The van der Waals surface area contributed by atoms with Gasteiger partial charge in [0.2, 0.25) is 0 Å². The molecular formula is C14H14ClNO2. The van der Waals surface area contributed by atoms with Gasteiger partial charge in [0, 0.05) is 6.07 Å². The molecule has 0 bridgehead atoms. The molecule has 0 amide bonds. The molecule has 2 N–H and O–H groups in total. The third kappa shape index (κ3) is 3.08. The smallest absolute Gasteiger partial charge is 0.121 e. The fraction of sp³-hybridized carbons (Fsp3) is 0.143. The molecule has 0 aromatic heterocycles. The Morgan fingerprint density at radius 3 is 2.67 bits per heavy atom. The minimum absolute atomic E-state index is 0.457. The zero-order valence-corrected chi connectivity index (χ0v) is 10.8. The Hall–Kier alpha value is -1.87. The molecule has 94 valence electrons. The minimum Gasteiger partial charge on any atom is -0.497 e. The van der Waals surface area contributed by atoms with E-state index >= 15 is 0 Å². The molecule has 0 aliphatic rings. The van der Waals surface area contributed by atoms with Gasteiger partial charge >= 0.3 is 0 Å². The molecule has 0 unspecified atom stereocenters. The van der Waals surface area contributed by atoms with Crippen LogP contribution in [0.3, 0.4) is 0 Å². The van der Waals surface area contributed by atoms with Crippen molar-refractivity contribution in [1.29, 1.82) is 0 Å². The van der Waals surface area contributed by atoms with E-state index in [-0.39, 0.29) is 0 Å². The average molecular weight is 264 g/mol. The lowest BCUT2D eigenvalue weighted by molar-refractivity contribution is 0.305. The van der Waals surface area contributed by atoms with Crippen molar-refractivity contribution in [2.75, 3.05) is 12.8 Å². The molecule has 2 aromatic carbocycles. The summed E-state index contributed by atoms with van der Waals surface area (Å²) >= 11 is 5.84. The van der Waals surface area contributed by atoms with E-state index < -0.39 is 0 Å². The molecule has 0 saturated heterocycles. The van der Waals surface area contributed by atoms with Gasteiger partial charge in [0.15, 0.2) is 0 Å². The summed E-state index contributed by atoms with van der Waals surface area (Å²) in [6.45, 7) is 0.457. The van der Waals surface area contributed by atoms with Crippen LogP contribution in [0.5, 0.6) is 11.5 Å². The Balaban J connectivity index is 2.04. The summed E-state index contributed by atoms with van der Waals surface area (Å²) in [6.07, 6.45) is 0. The summed E-state index contributed by atoms with van der Waals surface area (Å²) < 4.78 is 10.8. The fourth-order valence-corrected chi connectivity index (χ4v) is 1.66. The molecular weight excluding hydrogens is 250 g/mol. The van der Waals surface area contributed by atoms with Crippen LogP contribution in [0, 0.1) is 0 Å². The highest BCUT2D eigenvalue weighted by molar-refractivity contribution is 6.33. The fourth-order valence-electron chi connectivity index (χ4n) is 1.54. The normalized spacial score (nSPS) is 10.1. The molecule has 3 nitrogen and oxygen atoms in total. The van der Waals surface area contributed by atoms with Crippen LogP contribution in [0.1, 0.15) is 5.56 Å². The maximum absolute atomic E-state index is 5.84. The summed E-state index contributed by atoms with van der Waals surface area (Å²) in [5.41, 5.74) is 7.25. The summed E-state index contributed by atoms with van der Waals surface area (Å²) in [5.74, 6) is 1.51. The lowest BCUT2D eigenvalue weighted by atomic mass is 10.2. The van der Waals surface area contributed by atoms with Crippen LogP contribution in [-0.2, 0) is 6.61 Å². The number of benzene rings is 2. The van der Waals surface area contributed by atoms with Crippen molar-refractivity contribution in [3.05, 3.63) is 53.1 Å². The van der Waals surface area contributed by atoms with Crippen molar-refractivity contribution in [1.82, 2.24) is 0 Å². The zero-order chi connectivity index (χ0) is 13.0. The van der Waals surface area contributed by atoms with E-state index in [9.17, 15) is 0 Å². The van der Waals surface area contributed by atoms with Crippen LogP contribution in [-0.4, -0.2) is 7.11 Å². The number of hydrogen-bond acceptors (Lipinski definition) is 3. The first-order chi connectivity index (χ1) is 8.69. The largest absolute Gasteiger partial charge is 0.497 e. The van der Waals surface area contributed by atoms with E-state index in [4.69, 9.17) is 26.8 Å². The molecule has 0 atom stereocenters. The van der Waals surface area contributed by atoms with Gasteiger partial charge in [-0.2, -0.15) is 0 Å². The SMILES string of the molecule is COc1cccc(COc2ccc(Cl)c(N)c2)c1. The quantitative estimate of drug-likeness (QED) is 0.859. The number of nitrogen functional groups attached to an aromatic ring is 1. The number of hydrogen-bond donors (Lipinski definition) is 1. The molecule has 0 aliphatic carbocycles. The number of methoxy groups -OCH3 is 1. The molecule has 2 aromatic rings. The van der Waals surface area contributed by atoms with Crippen molar-refractivity contribution >= 4 is 17.3 Å². The van der Waals surface area contributed by atoms with Gasteiger partial charge in [-0.05, 0) is 29.8 Å². The molecule has 0 spiro atoms. The van der Waals surface area contributed by atoms with Gasteiger partial charge in [-0.3, -0.25) is 0 Å². The molecule has 0 radical (unpaired) electrons. The molecule has 4 heteroatoms. The van der Waals surface area contributed by atoms with Crippen LogP contribution in [0.2, 0.25) is 5.02 Å². The van der Waals surface area contributed by atoms with Crippen molar-refractivity contribution in [2.45, 2.75) is 6.61 Å². The lowest BCUT2D eigenvalue weighted by Crippen LogP contribution is -1.97. The van der Waals surface area contributed by atoms with E-state index in [1.165, 1.54) is 0 Å². The lowest BCUT2D eigenvalue weighted by Gasteiger charge is -2.08. The second-order valence-corrected chi connectivity index (χ2v) is 4.23. The first kappa shape index (κ1) is 12.6. The first-order valence-electron chi connectivity index (χ1n) is 5.50. The topological polar surface area (TPSA) is 44.5 Å². The molecule has 0 fully saturated rings. The number of halogens is 1. The van der Waals surface area contributed by atoms with Crippen LogP contribution in [0.4, 0.5) is 5.69 Å². The minimum atomic E-state index is 0.457. The van der Waals surface area contributed by atoms with Crippen molar-refractivity contribution in [3.8, 4) is 11.5 Å². The number of rotatable bonds is 4. The molecule has 0 saturated carbocycles. The highest BCUT2D eigenvalue weighted by atomic mass is 35.5. The second-order valence-electron chi connectivity index (χ2n) is 3.82. The third-order valence-corrected chi connectivity index (χ3v) is 2.85. The summed E-state index contributed by atoms with van der Waals surface area (Å²) in [6, 6.07) is 12.9. The van der Waals surface area contributed by atoms with Crippen LogP contribution < -0.4 is 15.2 Å². The van der Waals surface area contributed by atoms with Gasteiger partial charge in [0.25, 0.3) is 0 Å². The standard InChI is InChI=1S/C14H14ClNO2/c1-17-11-4-2-3-10(7-11)9-18-12-5-6-13(15)14(16)8-12/h2-8H,9,16H2,1H3. The Bertz CT molecular complexity index is 543. The van der Waals surface area contributed by atoms with E-state index in [1.807, 2.05) is 24.3 Å². The Labute approximate surface area is 111 Å². The predicted molar refractivity (Wildman–Crippen MR) is 73.2 cm³/mol. The van der Waals surface area contributed by atoms with Gasteiger partial charge in [0.05, 0.1) is 17.8 Å². The highest BCUT2D eigenvalue weighted by Gasteiger charge is 2.01. The summed E-state index contributed by atoms with van der Waals surface area (Å²) in [5, 5.41) is 0.531. The van der Waals surface area contributed by atoms with Crippen molar-refractivity contribution in [2.24, 2.45) is 0 Å². The highest BCUT2D eigenvalue weighted by Crippen LogP contribution is 2.24. The van der Waals surface area contributed by atoms with E-state index in [1.54, 1.807) is 25.3 Å². The van der Waals surface area contributed by atoms with Gasteiger partial charge in [-0.1, -0.05) is 23.7 Å². The van der Waals surface area contributed by atoms with E-state index in [0.717, 1.165) is 11.3 Å². The first-order valence-corrected chi connectivity index (χ1v) is 5.87. The van der Waals surface area contributed by atoms with Gasteiger partial charge in [0.1, 0.15) is 18.1 Å². The monoisotopic (exact) mass is 263 g/mol. The van der Waals surface area contributed by atoms with E-state index in [0.29, 0.717) is 23.1 Å². The average Bonchev–Trinajstić information content (AvgIpc) is 2.40. The Kier molecular flexibility index (Phi) is 3.95. The summed E-state index contributed by atoms with van der Waals surface area (Å²) in [7, 11) is 1.64. The molecule has 0 aliphatic heterocycles. The third-order valence-electron chi connectivity index (χ3n) is 2.51. The van der Waals surface area contributed by atoms with Crippen LogP contribution >= 0.6 is 11.6 Å². The van der Waals surface area contributed by atoms with Crippen molar-refractivity contribution in [3.63, 3.8) is 0 Å². The second kappa shape index (κ2) is 5.65. The van der Waals surface area contributed by atoms with Crippen LogP contribution in [0.15, 0.2) is 42.5 Å².